The molecule has 0 aliphatic heterocycles. The van der Waals surface area contributed by atoms with Crippen molar-refractivity contribution in [1.82, 2.24) is 0 Å². The summed E-state index contributed by atoms with van der Waals surface area (Å²) in [6.45, 7) is 13.8. The molecule has 1 radical (unpaired) electrons. The first-order valence-electron chi connectivity index (χ1n) is 23.9. The Balaban J connectivity index is 0. The number of nitrogens with one attached hydrogen (secondary N) is 1. The van der Waals surface area contributed by atoms with Crippen LogP contribution in [0.5, 0.6) is 11.5 Å². The Labute approximate surface area is 511 Å². The minimum Gasteiger partial charge on any atom is -0.505 e. The Kier molecular flexibility index (Phi) is 38.2. The van der Waals surface area contributed by atoms with Gasteiger partial charge in [-0.2, -0.15) is 36.5 Å². The Hall–Kier alpha value is -5.54. The standard InChI is InChI=1S/C23H19N3O5S.C12H14N2O4S.C10H8.3C2H6.2CH4O3S.CH4O2S.Y/c27-22-20-16(10-7-13-18(20)24-23(28)15-8-3-1-4-9-15)14-19(32(29,30)31)21(22)26-25-17-11-5-2-6-12-17;1-7-4-3-5-8-6-9(19(16,17)18)11(14-13-2)12(15)10(7)8;1-2-6-10-8-4-3-7-9(10)5-1;3*1-2;2*1-5(2,3)4;1-4-3-2;/h1-14,27,29-31H,(H,24,28);3-6,15-18H,1-2H3;1-8H;3*1-2H3;2*1H3,(H,2,3,4);2H,1H3;. The van der Waals surface area contributed by atoms with Crippen molar-refractivity contribution in [3.63, 3.8) is 0 Å². The van der Waals surface area contributed by atoms with Gasteiger partial charge in [0.05, 0.1) is 33.7 Å². The van der Waals surface area contributed by atoms with E-state index in [1.165, 1.54) is 30.0 Å². The maximum Gasteiger partial charge on any atom is 0.261 e. The smallest absolute Gasteiger partial charge is 0.261 e. The Morgan fingerprint density at radius 3 is 1.24 bits per heavy atom. The Morgan fingerprint density at radius 1 is 0.512 bits per heavy atom. The summed E-state index contributed by atoms with van der Waals surface area (Å²) in [6, 6.07) is 46.7. The predicted octanol–water partition coefficient (Wildman–Crippen LogP) is 16.6. The summed E-state index contributed by atoms with van der Waals surface area (Å²) in [5, 5.41) is 50.8. The number of benzene rings is 8. The number of hydrogen-bond acceptors (Lipinski definition) is 20. The van der Waals surface area contributed by atoms with E-state index in [1.807, 2.05) is 54.5 Å². The van der Waals surface area contributed by atoms with E-state index in [9.17, 15) is 59.2 Å². The fraction of sp³-hybridized carbons (Fsp3) is 0.204. The first kappa shape index (κ1) is 78.5. The van der Waals surface area contributed by atoms with Gasteiger partial charge in [-0.05, 0) is 76.5 Å². The normalized spacial score (nSPS) is 11.1. The van der Waals surface area contributed by atoms with Crippen LogP contribution in [-0.4, -0.2) is 100 Å². The molecule has 8 aromatic carbocycles. The molecule has 0 saturated heterocycles. The van der Waals surface area contributed by atoms with Crippen LogP contribution in [0, 0.1) is 6.92 Å². The van der Waals surface area contributed by atoms with Crippen molar-refractivity contribution in [1.29, 1.82) is 0 Å². The van der Waals surface area contributed by atoms with Gasteiger partial charge in [0.25, 0.3) is 26.1 Å². The molecule has 0 aliphatic carbocycles. The zero-order valence-electron chi connectivity index (χ0n) is 46.8. The summed E-state index contributed by atoms with van der Waals surface area (Å²) in [5.41, 5.74) is 1.53. The van der Waals surface area contributed by atoms with Crippen molar-refractivity contribution in [2.45, 2.75) is 58.3 Å². The number of hydrogen-bond donors (Lipinski definition) is 12. The number of phenols is 2. The van der Waals surface area contributed by atoms with Crippen molar-refractivity contribution in [3.8, 4) is 11.5 Å². The molecule has 0 unspecified atom stereocenters. The number of anilines is 1. The second-order valence-electron chi connectivity index (χ2n) is 15.0. The SMILES string of the molecule is CC.CC.CC.CN=Nc1c(S(O)(O)O)cc2cccc(C)c2c1O.CS(=O)(=O)O.CS(=O)(=O)O.CSOO.O=C(Nc1cccc2cc(S(O)(O)O)c(N=Nc3ccccc3)c(O)c12)c1ccccc1.[Y].c1ccc2ccccc2c1. The molecule has 1 amide bonds. The van der Waals surface area contributed by atoms with Crippen LogP contribution in [0.2, 0.25) is 0 Å². The molecule has 0 spiro atoms. The number of aromatic hydroxyl groups is 2. The molecule has 28 heteroatoms. The third kappa shape index (κ3) is 29.1. The van der Waals surface area contributed by atoms with Crippen LogP contribution in [0.4, 0.5) is 22.7 Å². The number of rotatable bonds is 8. The maximum absolute atomic E-state index is 12.6. The van der Waals surface area contributed by atoms with Gasteiger partial charge in [0.2, 0.25) is 0 Å². The number of carbonyl (C=O) groups excluding carboxylic acids is 1. The predicted molar refractivity (Wildman–Crippen MR) is 329 cm³/mol. The van der Waals surface area contributed by atoms with Gasteiger partial charge in [-0.3, -0.25) is 13.9 Å². The first-order chi connectivity index (χ1) is 38.1. The van der Waals surface area contributed by atoms with Gasteiger partial charge >= 0.3 is 0 Å². The van der Waals surface area contributed by atoms with E-state index in [4.69, 9.17) is 14.4 Å². The molecule has 0 heterocycles. The topological polar surface area (TPSA) is 379 Å². The Bertz CT molecular complexity index is 3350. The number of carbonyl (C=O) groups is 1. The summed E-state index contributed by atoms with van der Waals surface area (Å²) in [5.74, 6) is -1.08. The maximum atomic E-state index is 12.6. The molecule has 0 saturated carbocycles. The van der Waals surface area contributed by atoms with Crippen LogP contribution < -0.4 is 5.32 Å². The van der Waals surface area contributed by atoms with Crippen molar-refractivity contribution < 1.29 is 111 Å². The average Bonchev–Trinajstić information content (AvgIpc) is 3.49. The van der Waals surface area contributed by atoms with E-state index in [0.29, 0.717) is 39.9 Å². The Morgan fingerprint density at radius 2 is 0.854 bits per heavy atom. The summed E-state index contributed by atoms with van der Waals surface area (Å²) >= 11 is 0.912. The second kappa shape index (κ2) is 39.9. The quantitative estimate of drug-likeness (QED) is 0.0221. The van der Waals surface area contributed by atoms with Crippen LogP contribution in [0.15, 0.2) is 188 Å². The van der Waals surface area contributed by atoms with E-state index in [1.54, 1.807) is 97.3 Å². The number of fused-ring (bicyclic) bond motifs is 3. The second-order valence-corrected chi connectivity index (χ2v) is 21.3. The molecule has 447 valence electrons. The largest absolute Gasteiger partial charge is 0.505 e. The van der Waals surface area contributed by atoms with Crippen molar-refractivity contribution in [2.75, 3.05) is 31.1 Å². The number of azo groups is 2. The van der Waals surface area contributed by atoms with Gasteiger partial charge < -0.3 is 42.8 Å². The van der Waals surface area contributed by atoms with E-state index >= 15 is 0 Å². The zero-order chi connectivity index (χ0) is 62.1. The number of amides is 1. The molecular weight excluding hydrogens is 1240 g/mol. The minimum absolute atomic E-state index is 0. The minimum atomic E-state index is -4.23. The van der Waals surface area contributed by atoms with Crippen LogP contribution >= 0.6 is 33.8 Å². The van der Waals surface area contributed by atoms with Gasteiger partial charge in [-0.1, -0.05) is 157 Å². The molecule has 0 bridgehead atoms. The van der Waals surface area contributed by atoms with E-state index in [-0.39, 0.29) is 76.6 Å². The molecule has 0 fully saturated rings. The summed E-state index contributed by atoms with van der Waals surface area (Å²) in [7, 11) is -14.2. The fourth-order valence-electron chi connectivity index (χ4n) is 6.31. The van der Waals surface area contributed by atoms with Crippen LogP contribution in [0.1, 0.15) is 57.5 Å². The molecule has 12 N–H and O–H groups in total. The molecule has 82 heavy (non-hydrogen) atoms. The molecule has 0 atom stereocenters. The molecule has 0 aromatic heterocycles. The molecule has 0 aliphatic rings. The van der Waals surface area contributed by atoms with Gasteiger partial charge in [-0.25, -0.2) is 5.26 Å². The van der Waals surface area contributed by atoms with E-state index in [2.05, 4.69) is 78.6 Å². The van der Waals surface area contributed by atoms with Crippen molar-refractivity contribution in [3.05, 3.63) is 169 Å². The number of aryl methyl sites for hydroxylation is 1. The van der Waals surface area contributed by atoms with Gasteiger partial charge in [0.15, 0.2) is 11.5 Å². The van der Waals surface area contributed by atoms with Crippen LogP contribution in [0.3, 0.4) is 0 Å². The van der Waals surface area contributed by atoms with Crippen molar-refractivity contribution in [2.24, 2.45) is 20.5 Å². The third-order valence-electron chi connectivity index (χ3n) is 9.19. The molecule has 8 aromatic rings. The molecule has 22 nitrogen and oxygen atoms in total. The first-order valence-corrected chi connectivity index (χ1v) is 31.8. The monoisotopic (exact) mass is 1310 g/mol. The summed E-state index contributed by atoms with van der Waals surface area (Å²) < 4.78 is 113. The third-order valence-corrected chi connectivity index (χ3v) is 11.1. The van der Waals surface area contributed by atoms with E-state index in [0.717, 1.165) is 17.6 Å². The summed E-state index contributed by atoms with van der Waals surface area (Å²) in [6.07, 6.45) is 3.06. The number of nitrogens with zero attached hydrogens (tertiary/aromatic N) is 4. The summed E-state index contributed by atoms with van der Waals surface area (Å²) in [4.78, 5) is 12.0. The van der Waals surface area contributed by atoms with Crippen LogP contribution in [0.25, 0.3) is 32.3 Å². The van der Waals surface area contributed by atoms with Gasteiger partial charge in [-0.15, -0.1) is 5.11 Å². The van der Waals surface area contributed by atoms with E-state index < -0.39 is 47.7 Å². The average molecular weight is 1310 g/mol. The van der Waals surface area contributed by atoms with Crippen molar-refractivity contribution >= 4 is 115 Å². The van der Waals surface area contributed by atoms with Gasteiger partial charge in [0.1, 0.15) is 33.1 Å². The zero-order valence-corrected chi connectivity index (χ0v) is 53.7. The number of phenolic OH excluding ortho intramolecular Hbond substituents is 2. The van der Waals surface area contributed by atoms with Crippen LogP contribution in [-0.2, 0) is 57.3 Å². The van der Waals surface area contributed by atoms with Gasteiger partial charge in [0, 0.05) is 74.4 Å². The molecule has 8 rings (SSSR count). The fourth-order valence-corrected chi connectivity index (χ4v) is 7.68. The molecular formula is C54H71N5O17S5Y.